The third kappa shape index (κ3) is 3.14. The van der Waals surface area contributed by atoms with Crippen molar-refractivity contribution in [3.05, 3.63) is 89.2 Å². The van der Waals surface area contributed by atoms with Crippen molar-refractivity contribution in [3.63, 3.8) is 0 Å². The molecule has 3 N–H and O–H groups in total. The average molecular weight is 370 g/mol. The molecule has 0 spiro atoms. The van der Waals surface area contributed by atoms with Gasteiger partial charge in [0.15, 0.2) is 12.2 Å². The Kier molecular flexibility index (Phi) is 4.42. The first-order valence-electron chi connectivity index (χ1n) is 8.81. The SMILES string of the molecule is C=C1CCc2cc(C#N)ccc2[C@@H]1Oc1ccc(N)c(C(=N)c2cnco2)c1. The quantitative estimate of drug-likeness (QED) is 0.407. The van der Waals surface area contributed by atoms with Gasteiger partial charge in [-0.3, -0.25) is 5.41 Å². The summed E-state index contributed by atoms with van der Waals surface area (Å²) >= 11 is 0. The Hall–Kier alpha value is -3.85. The van der Waals surface area contributed by atoms with Crippen LogP contribution >= 0.6 is 0 Å². The summed E-state index contributed by atoms with van der Waals surface area (Å²) in [6, 6.07) is 13.0. The highest BCUT2D eigenvalue weighted by molar-refractivity contribution is 6.12. The standard InChI is InChI=1S/C22H18N4O2/c1-13-2-4-15-8-14(10-23)3-6-17(15)22(13)28-16-5-7-19(24)18(9-16)21(25)20-11-26-12-27-20/h3,5-9,11-12,22,25H,1-2,4,24H2/t22-/m1/s1. The number of aryl methyl sites for hydroxylation is 1. The summed E-state index contributed by atoms with van der Waals surface area (Å²) in [7, 11) is 0. The lowest BCUT2D eigenvalue weighted by molar-refractivity contribution is 0.232. The monoisotopic (exact) mass is 370 g/mol. The molecule has 1 aromatic heterocycles. The van der Waals surface area contributed by atoms with Crippen molar-refractivity contribution < 1.29 is 9.15 Å². The van der Waals surface area contributed by atoms with Crippen LogP contribution in [0.2, 0.25) is 0 Å². The van der Waals surface area contributed by atoms with Gasteiger partial charge in [-0.25, -0.2) is 4.98 Å². The highest BCUT2D eigenvalue weighted by Gasteiger charge is 2.26. The smallest absolute Gasteiger partial charge is 0.181 e. The molecule has 2 aromatic carbocycles. The van der Waals surface area contributed by atoms with Gasteiger partial charge in [0.1, 0.15) is 17.6 Å². The lowest BCUT2D eigenvalue weighted by atomic mass is 9.85. The largest absolute Gasteiger partial charge is 0.481 e. The van der Waals surface area contributed by atoms with Crippen LogP contribution in [0.3, 0.4) is 0 Å². The number of anilines is 1. The summed E-state index contributed by atoms with van der Waals surface area (Å²) in [5.74, 6) is 0.914. The molecule has 1 atom stereocenters. The second-order valence-electron chi connectivity index (χ2n) is 6.67. The van der Waals surface area contributed by atoms with Crippen LogP contribution < -0.4 is 10.5 Å². The normalized spacial score (nSPS) is 15.5. The second kappa shape index (κ2) is 7.05. The Morgan fingerprint density at radius 1 is 1.29 bits per heavy atom. The first kappa shape index (κ1) is 17.6. The molecular weight excluding hydrogens is 352 g/mol. The molecule has 0 radical (unpaired) electrons. The molecule has 6 heteroatoms. The summed E-state index contributed by atoms with van der Waals surface area (Å²) in [5, 5.41) is 17.5. The summed E-state index contributed by atoms with van der Waals surface area (Å²) in [4.78, 5) is 3.85. The van der Waals surface area contributed by atoms with E-state index in [1.807, 2.05) is 12.1 Å². The molecule has 0 aliphatic heterocycles. The highest BCUT2D eigenvalue weighted by atomic mass is 16.5. The van der Waals surface area contributed by atoms with Gasteiger partial charge in [0.05, 0.1) is 17.8 Å². The molecule has 6 nitrogen and oxygen atoms in total. The number of hydrogen-bond acceptors (Lipinski definition) is 6. The van der Waals surface area contributed by atoms with Gasteiger partial charge in [0.25, 0.3) is 0 Å². The third-order valence-corrected chi connectivity index (χ3v) is 4.87. The predicted octanol–water partition coefficient (Wildman–Crippen LogP) is 4.17. The second-order valence-corrected chi connectivity index (χ2v) is 6.67. The van der Waals surface area contributed by atoms with E-state index in [9.17, 15) is 0 Å². The van der Waals surface area contributed by atoms with Crippen LogP contribution in [0.25, 0.3) is 0 Å². The van der Waals surface area contributed by atoms with Crippen LogP contribution in [0, 0.1) is 16.7 Å². The van der Waals surface area contributed by atoms with Crippen LogP contribution in [0.4, 0.5) is 5.69 Å². The zero-order chi connectivity index (χ0) is 19.7. The molecule has 138 valence electrons. The number of fused-ring (bicyclic) bond motifs is 1. The topological polar surface area (TPSA) is 109 Å². The van der Waals surface area contributed by atoms with Crippen LogP contribution in [0.5, 0.6) is 5.75 Å². The van der Waals surface area contributed by atoms with Crippen molar-refractivity contribution in [2.45, 2.75) is 18.9 Å². The van der Waals surface area contributed by atoms with Crippen molar-refractivity contribution in [2.75, 3.05) is 5.73 Å². The van der Waals surface area contributed by atoms with Crippen molar-refractivity contribution >= 4 is 11.4 Å². The number of oxazole rings is 1. The van der Waals surface area contributed by atoms with Crippen LogP contribution in [0.15, 0.2) is 65.6 Å². The zero-order valence-corrected chi connectivity index (χ0v) is 15.1. The molecule has 0 unspecified atom stereocenters. The van der Waals surface area contributed by atoms with E-state index >= 15 is 0 Å². The number of nitriles is 1. The summed E-state index contributed by atoms with van der Waals surface area (Å²) in [6.45, 7) is 4.17. The minimum Gasteiger partial charge on any atom is -0.481 e. The van der Waals surface area contributed by atoms with E-state index in [0.717, 1.165) is 29.5 Å². The summed E-state index contributed by atoms with van der Waals surface area (Å²) in [6.07, 6.45) is 4.07. The maximum absolute atomic E-state index is 9.14. The molecule has 3 aromatic rings. The Balaban J connectivity index is 1.67. The van der Waals surface area contributed by atoms with Gasteiger partial charge in [0, 0.05) is 11.3 Å². The predicted molar refractivity (Wildman–Crippen MR) is 105 cm³/mol. The number of rotatable bonds is 4. The molecular formula is C22H18N4O2. The minimum absolute atomic E-state index is 0.141. The fourth-order valence-electron chi connectivity index (χ4n) is 3.37. The molecule has 4 rings (SSSR count). The zero-order valence-electron chi connectivity index (χ0n) is 15.1. The summed E-state index contributed by atoms with van der Waals surface area (Å²) < 4.78 is 11.5. The first-order chi connectivity index (χ1) is 13.6. The lowest BCUT2D eigenvalue weighted by Gasteiger charge is -2.29. The Morgan fingerprint density at radius 3 is 2.89 bits per heavy atom. The molecule has 0 saturated heterocycles. The molecule has 0 bridgehead atoms. The van der Waals surface area contributed by atoms with E-state index in [1.54, 1.807) is 24.3 Å². The molecule has 1 aliphatic carbocycles. The number of benzene rings is 2. The fraction of sp³-hybridized carbons (Fsp3) is 0.136. The fourth-order valence-corrected chi connectivity index (χ4v) is 3.37. The van der Waals surface area contributed by atoms with Gasteiger partial charge in [-0.15, -0.1) is 0 Å². The van der Waals surface area contributed by atoms with E-state index in [4.69, 9.17) is 25.6 Å². The Morgan fingerprint density at radius 2 is 2.14 bits per heavy atom. The maximum Gasteiger partial charge on any atom is 0.181 e. The van der Waals surface area contributed by atoms with Gasteiger partial charge < -0.3 is 14.9 Å². The number of nitrogens with zero attached hydrogens (tertiary/aromatic N) is 2. The molecule has 0 saturated carbocycles. The van der Waals surface area contributed by atoms with Crippen LogP contribution in [0.1, 0.15) is 40.5 Å². The molecule has 1 aliphatic rings. The van der Waals surface area contributed by atoms with Crippen LogP contribution in [-0.4, -0.2) is 10.7 Å². The van der Waals surface area contributed by atoms with Gasteiger partial charge in [-0.2, -0.15) is 5.26 Å². The van der Waals surface area contributed by atoms with E-state index in [2.05, 4.69) is 17.6 Å². The van der Waals surface area contributed by atoms with Crippen molar-refractivity contribution in [3.8, 4) is 11.8 Å². The minimum atomic E-state index is -0.313. The van der Waals surface area contributed by atoms with E-state index in [1.165, 1.54) is 12.6 Å². The Labute approximate surface area is 162 Å². The average Bonchev–Trinajstić information content (AvgIpc) is 3.25. The number of nitrogens with two attached hydrogens (primary N) is 1. The van der Waals surface area contributed by atoms with Crippen molar-refractivity contribution in [1.82, 2.24) is 4.98 Å². The third-order valence-electron chi connectivity index (χ3n) is 4.87. The highest BCUT2D eigenvalue weighted by Crippen LogP contribution is 2.37. The van der Waals surface area contributed by atoms with Crippen molar-refractivity contribution in [2.24, 2.45) is 0 Å². The number of nitrogen functional groups attached to an aromatic ring is 1. The number of hydrogen-bond donors (Lipinski definition) is 2. The number of nitrogens with one attached hydrogen (secondary N) is 1. The van der Waals surface area contributed by atoms with Gasteiger partial charge >= 0.3 is 0 Å². The maximum atomic E-state index is 9.14. The van der Waals surface area contributed by atoms with Gasteiger partial charge in [-0.05, 0) is 59.9 Å². The first-order valence-corrected chi connectivity index (χ1v) is 8.81. The van der Waals surface area contributed by atoms with Crippen molar-refractivity contribution in [1.29, 1.82) is 10.7 Å². The lowest BCUT2D eigenvalue weighted by Crippen LogP contribution is -2.18. The summed E-state index contributed by atoms with van der Waals surface area (Å²) in [5.41, 5.74) is 10.9. The van der Waals surface area contributed by atoms with E-state index in [-0.39, 0.29) is 11.8 Å². The van der Waals surface area contributed by atoms with Crippen LogP contribution in [-0.2, 0) is 6.42 Å². The molecule has 0 amide bonds. The Bertz CT molecular complexity index is 1110. The molecule has 0 fully saturated rings. The number of aromatic nitrogens is 1. The van der Waals surface area contributed by atoms with E-state index in [0.29, 0.717) is 28.3 Å². The number of ether oxygens (including phenoxy) is 1. The molecule has 28 heavy (non-hydrogen) atoms. The van der Waals surface area contributed by atoms with Gasteiger partial charge in [-0.1, -0.05) is 12.6 Å². The molecule has 1 heterocycles. The van der Waals surface area contributed by atoms with Gasteiger partial charge in [0.2, 0.25) is 0 Å². The van der Waals surface area contributed by atoms with E-state index < -0.39 is 0 Å².